The molecule has 1 radical (unpaired) electrons. The van der Waals surface area contributed by atoms with Gasteiger partial charge in [-0.05, 0) is 6.92 Å². The van der Waals surface area contributed by atoms with Gasteiger partial charge in [0.25, 0.3) is 0 Å². The molecule has 0 aliphatic carbocycles. The van der Waals surface area contributed by atoms with Crippen LogP contribution in [0.3, 0.4) is 0 Å². The van der Waals surface area contributed by atoms with Gasteiger partial charge in [-0.2, -0.15) is 0 Å². The molecule has 0 unspecified atom stereocenters. The molecule has 6 heavy (non-hydrogen) atoms. The zero-order chi connectivity index (χ0) is 4.99. The molecule has 0 spiro atoms. The van der Waals surface area contributed by atoms with E-state index in [2.05, 4.69) is 24.1 Å². The van der Waals surface area contributed by atoms with Gasteiger partial charge < -0.3 is 0 Å². The lowest BCUT2D eigenvalue weighted by Gasteiger charge is -1.82. The van der Waals surface area contributed by atoms with E-state index in [1.807, 2.05) is 0 Å². The summed E-state index contributed by atoms with van der Waals surface area (Å²) in [6, 6.07) is 0. The Bertz CT molecular complexity index is 67.9. The third-order valence-electron chi connectivity index (χ3n) is 0.273. The molecule has 0 heterocycles. The maximum Gasteiger partial charge on any atom is 0.0998 e. The molecule has 33 valence electrons. The van der Waals surface area contributed by atoms with E-state index in [1.54, 1.807) is 6.92 Å². The Labute approximate surface area is 43.1 Å². The van der Waals surface area contributed by atoms with Gasteiger partial charge in [0.05, 0.1) is 4.99 Å². The molecule has 0 saturated heterocycles. The molecule has 0 amide bonds. The number of thiocarbonyl (C=S) groups is 1. The molecular weight excluding hydrogens is 94.1 g/mol. The summed E-state index contributed by atoms with van der Waals surface area (Å²) in [4.78, 5) is 0.630. The summed E-state index contributed by atoms with van der Waals surface area (Å²) in [7, 11) is 0. The fourth-order valence-corrected chi connectivity index (χ4v) is 0.203. The summed E-state index contributed by atoms with van der Waals surface area (Å²) in [5.41, 5.74) is 0. The molecule has 0 aliphatic rings. The van der Waals surface area contributed by atoms with E-state index in [-0.39, 0.29) is 0 Å². The molecule has 0 N–H and O–H groups in total. The fourth-order valence-electron chi connectivity index (χ4n) is 0.129. The molecule has 0 aromatic carbocycles. The zero-order valence-corrected chi connectivity index (χ0v) is 4.46. The van der Waals surface area contributed by atoms with Crippen LogP contribution < -0.4 is 5.32 Å². The minimum Gasteiger partial charge on any atom is -0.251 e. The number of nitrogens with zero attached hydrogens (tertiary/aromatic N) is 1. The van der Waals surface area contributed by atoms with Gasteiger partial charge in [-0.1, -0.05) is 18.8 Å². The highest BCUT2D eigenvalue weighted by atomic mass is 32.1. The van der Waals surface area contributed by atoms with Crippen molar-refractivity contribution in [1.29, 1.82) is 0 Å². The second kappa shape index (κ2) is 2.85. The van der Waals surface area contributed by atoms with E-state index < -0.39 is 0 Å². The van der Waals surface area contributed by atoms with Gasteiger partial charge in [-0.25, -0.2) is 0 Å². The zero-order valence-electron chi connectivity index (χ0n) is 3.64. The summed E-state index contributed by atoms with van der Waals surface area (Å²) < 4.78 is 0. The molecule has 0 saturated carbocycles. The summed E-state index contributed by atoms with van der Waals surface area (Å²) in [6.07, 6.45) is 1.43. The Balaban J connectivity index is 3.05. The second-order valence-corrected chi connectivity index (χ2v) is 1.42. The van der Waals surface area contributed by atoms with Crippen LogP contribution in [-0.4, -0.2) is 4.99 Å². The van der Waals surface area contributed by atoms with Crippen molar-refractivity contribution >= 4 is 17.2 Å². The predicted molar refractivity (Wildman–Crippen MR) is 30.6 cm³/mol. The molecule has 0 fully saturated rings. The Hall–Kier alpha value is -0.370. The third-order valence-corrected chi connectivity index (χ3v) is 0.379. The van der Waals surface area contributed by atoms with Crippen molar-refractivity contribution in [3.63, 3.8) is 0 Å². The largest absolute Gasteiger partial charge is 0.251 e. The van der Waals surface area contributed by atoms with Crippen molar-refractivity contribution in [2.75, 3.05) is 0 Å². The van der Waals surface area contributed by atoms with Crippen molar-refractivity contribution in [2.45, 2.75) is 6.92 Å². The van der Waals surface area contributed by atoms with Crippen molar-refractivity contribution < 1.29 is 0 Å². The highest BCUT2D eigenvalue weighted by Gasteiger charge is 1.73. The minimum atomic E-state index is 0.630. The predicted octanol–water partition coefficient (Wildman–Crippen LogP) is 1.08. The lowest BCUT2D eigenvalue weighted by atomic mass is 10.7. The average molecular weight is 100 g/mol. The Morgan fingerprint density at radius 1 is 2.00 bits per heavy atom. The average Bonchev–Trinajstić information content (AvgIpc) is 1.35. The van der Waals surface area contributed by atoms with Gasteiger partial charge in [0, 0.05) is 6.20 Å². The first kappa shape index (κ1) is 5.63. The molecule has 2 heteroatoms. The van der Waals surface area contributed by atoms with Crippen molar-refractivity contribution in [3.8, 4) is 0 Å². The van der Waals surface area contributed by atoms with E-state index in [1.165, 1.54) is 6.20 Å². The van der Waals surface area contributed by atoms with Gasteiger partial charge in [0.1, 0.15) is 0 Å². The Kier molecular flexibility index (Phi) is 2.67. The van der Waals surface area contributed by atoms with E-state index in [9.17, 15) is 0 Å². The van der Waals surface area contributed by atoms with E-state index in [0.717, 1.165) is 0 Å². The normalized spacial score (nSPS) is 6.83. The van der Waals surface area contributed by atoms with Gasteiger partial charge >= 0.3 is 0 Å². The van der Waals surface area contributed by atoms with Crippen molar-refractivity contribution in [2.24, 2.45) is 0 Å². The Morgan fingerprint density at radius 3 is 2.50 bits per heavy atom. The summed E-state index contributed by atoms with van der Waals surface area (Å²) in [5, 5.41) is 3.62. The van der Waals surface area contributed by atoms with Crippen LogP contribution >= 0.6 is 12.2 Å². The van der Waals surface area contributed by atoms with E-state index in [0.29, 0.717) is 4.99 Å². The second-order valence-electron chi connectivity index (χ2n) is 0.831. The van der Waals surface area contributed by atoms with Crippen LogP contribution in [0.5, 0.6) is 0 Å². The van der Waals surface area contributed by atoms with Crippen LogP contribution in [0.2, 0.25) is 0 Å². The quantitative estimate of drug-likeness (QED) is 0.450. The minimum absolute atomic E-state index is 0.630. The first-order valence-corrected chi connectivity index (χ1v) is 2.00. The first-order valence-electron chi connectivity index (χ1n) is 1.59. The smallest absolute Gasteiger partial charge is 0.0998 e. The topological polar surface area (TPSA) is 14.1 Å². The van der Waals surface area contributed by atoms with Gasteiger partial charge in [0.15, 0.2) is 0 Å². The third kappa shape index (κ3) is 3.63. The van der Waals surface area contributed by atoms with Crippen LogP contribution in [0.15, 0.2) is 12.8 Å². The summed E-state index contributed by atoms with van der Waals surface area (Å²) in [5.74, 6) is 0. The van der Waals surface area contributed by atoms with Crippen LogP contribution in [0.1, 0.15) is 6.92 Å². The molecular formula is C4H6NS. The van der Waals surface area contributed by atoms with Gasteiger partial charge in [-0.3, -0.25) is 5.32 Å². The molecule has 0 aliphatic heterocycles. The maximum absolute atomic E-state index is 4.56. The molecule has 1 nitrogen and oxygen atoms in total. The van der Waals surface area contributed by atoms with Gasteiger partial charge in [0.2, 0.25) is 0 Å². The van der Waals surface area contributed by atoms with Gasteiger partial charge in [-0.15, -0.1) is 0 Å². The molecule has 0 aromatic heterocycles. The van der Waals surface area contributed by atoms with Crippen LogP contribution in [0, 0.1) is 0 Å². The monoisotopic (exact) mass is 100 g/mol. The summed E-state index contributed by atoms with van der Waals surface area (Å²) in [6.45, 7) is 5.09. The highest BCUT2D eigenvalue weighted by Crippen LogP contribution is 1.66. The molecule has 0 atom stereocenters. The lowest BCUT2D eigenvalue weighted by Crippen LogP contribution is -1.97. The highest BCUT2D eigenvalue weighted by molar-refractivity contribution is 7.80. The maximum atomic E-state index is 4.56. The van der Waals surface area contributed by atoms with Crippen LogP contribution in [-0.2, 0) is 0 Å². The van der Waals surface area contributed by atoms with Crippen molar-refractivity contribution in [1.82, 2.24) is 5.32 Å². The standard InChI is InChI=1S/C4H6NS/c1-3-5-4(2)6/h3H,1H2,2H3. The van der Waals surface area contributed by atoms with E-state index in [4.69, 9.17) is 0 Å². The van der Waals surface area contributed by atoms with Crippen LogP contribution in [0.25, 0.3) is 0 Å². The molecule has 0 bridgehead atoms. The van der Waals surface area contributed by atoms with E-state index >= 15 is 0 Å². The molecule has 0 aromatic rings. The first-order chi connectivity index (χ1) is 2.77. The fraction of sp³-hybridized carbons (Fsp3) is 0.250. The van der Waals surface area contributed by atoms with Crippen LogP contribution in [0.4, 0.5) is 0 Å². The number of rotatable bonds is 1. The summed E-state index contributed by atoms with van der Waals surface area (Å²) >= 11 is 4.56. The number of hydrogen-bond donors (Lipinski definition) is 0. The SMILES string of the molecule is C=C[N]C(C)=S. The number of hydrogen-bond acceptors (Lipinski definition) is 1. The lowest BCUT2D eigenvalue weighted by molar-refractivity contribution is 1.28. The molecule has 0 rings (SSSR count). The van der Waals surface area contributed by atoms with Crippen molar-refractivity contribution in [3.05, 3.63) is 12.8 Å². The Morgan fingerprint density at radius 2 is 2.50 bits per heavy atom.